The van der Waals surface area contributed by atoms with Crippen molar-refractivity contribution >= 4 is 0 Å². The van der Waals surface area contributed by atoms with E-state index in [1.54, 1.807) is 0 Å². The van der Waals surface area contributed by atoms with Crippen LogP contribution in [0, 0.1) is 0 Å². The molecule has 2 aromatic rings. The van der Waals surface area contributed by atoms with E-state index < -0.39 is 0 Å². The van der Waals surface area contributed by atoms with Crippen molar-refractivity contribution in [1.82, 2.24) is 0 Å². The molecule has 0 fully saturated rings. The molecule has 1 heteroatoms. The lowest BCUT2D eigenvalue weighted by Crippen LogP contribution is -2.40. The Kier molecular flexibility index (Phi) is 2.94. The van der Waals surface area contributed by atoms with Gasteiger partial charge in [-0.2, -0.15) is 0 Å². The van der Waals surface area contributed by atoms with Gasteiger partial charge in [-0.3, -0.25) is 0 Å². The van der Waals surface area contributed by atoms with E-state index in [2.05, 4.69) is 62.4 Å². The van der Waals surface area contributed by atoms with Crippen LogP contribution in [0.25, 0.3) is 0 Å². The molecule has 2 N–H and O–H groups in total. The first-order chi connectivity index (χ1) is 9.07. The minimum Gasteiger partial charge on any atom is -0.325 e. The quantitative estimate of drug-likeness (QED) is 0.822. The largest absolute Gasteiger partial charge is 0.325 e. The van der Waals surface area contributed by atoms with E-state index in [0.717, 1.165) is 12.8 Å². The van der Waals surface area contributed by atoms with Crippen molar-refractivity contribution in [2.24, 2.45) is 5.73 Å². The summed E-state index contributed by atoms with van der Waals surface area (Å²) < 4.78 is 0. The minimum atomic E-state index is -0.253. The zero-order valence-electron chi connectivity index (χ0n) is 11.7. The monoisotopic (exact) mass is 251 g/mol. The summed E-state index contributed by atoms with van der Waals surface area (Å²) in [7, 11) is 0. The summed E-state index contributed by atoms with van der Waals surface area (Å²) in [5.41, 5.74) is 12.0. The number of fused-ring (bicyclic) bond motifs is 2. The molecule has 0 saturated carbocycles. The third kappa shape index (κ3) is 2.19. The maximum atomic E-state index is 6.51. The maximum absolute atomic E-state index is 6.51. The fourth-order valence-corrected chi connectivity index (χ4v) is 3.33. The van der Waals surface area contributed by atoms with Crippen molar-refractivity contribution in [3.63, 3.8) is 0 Å². The fraction of sp³-hybridized carbons (Fsp3) is 0.333. The van der Waals surface area contributed by atoms with Gasteiger partial charge in [0.25, 0.3) is 0 Å². The first-order valence-corrected chi connectivity index (χ1v) is 7.02. The topological polar surface area (TPSA) is 26.0 Å². The standard InChI is InChI=1S/C18H21N/c1-18(2,19)17-15-9-5-3-7-13(15)11-12-14-8-4-6-10-16(14)17/h3-10,17H,11-12,19H2,1-2H3. The second-order valence-electron chi connectivity index (χ2n) is 6.15. The van der Waals surface area contributed by atoms with Gasteiger partial charge in [0.15, 0.2) is 0 Å². The van der Waals surface area contributed by atoms with Gasteiger partial charge >= 0.3 is 0 Å². The van der Waals surface area contributed by atoms with E-state index in [1.165, 1.54) is 22.3 Å². The molecule has 0 spiro atoms. The second-order valence-corrected chi connectivity index (χ2v) is 6.15. The van der Waals surface area contributed by atoms with Gasteiger partial charge in [0.1, 0.15) is 0 Å². The van der Waals surface area contributed by atoms with Crippen molar-refractivity contribution in [2.75, 3.05) is 0 Å². The predicted molar refractivity (Wildman–Crippen MR) is 80.4 cm³/mol. The molecular weight excluding hydrogens is 230 g/mol. The van der Waals surface area contributed by atoms with Gasteiger partial charge in [0.05, 0.1) is 0 Å². The van der Waals surface area contributed by atoms with Crippen LogP contribution >= 0.6 is 0 Å². The molecule has 1 aliphatic carbocycles. The zero-order chi connectivity index (χ0) is 13.5. The molecule has 1 aliphatic rings. The lowest BCUT2D eigenvalue weighted by Gasteiger charge is -2.32. The van der Waals surface area contributed by atoms with Crippen LogP contribution in [0.2, 0.25) is 0 Å². The number of rotatable bonds is 1. The Hall–Kier alpha value is -1.60. The molecule has 2 aromatic carbocycles. The minimum absolute atomic E-state index is 0.253. The Morgan fingerprint density at radius 2 is 1.26 bits per heavy atom. The molecule has 0 unspecified atom stereocenters. The average molecular weight is 251 g/mol. The second kappa shape index (κ2) is 4.50. The lowest BCUT2D eigenvalue weighted by atomic mass is 9.76. The first kappa shape index (κ1) is 12.4. The third-order valence-electron chi connectivity index (χ3n) is 4.14. The SMILES string of the molecule is CC(C)(N)C1c2ccccc2CCc2ccccc21. The highest BCUT2D eigenvalue weighted by Crippen LogP contribution is 2.39. The van der Waals surface area contributed by atoms with E-state index >= 15 is 0 Å². The Morgan fingerprint density at radius 3 is 1.68 bits per heavy atom. The molecule has 0 bridgehead atoms. The molecule has 0 aromatic heterocycles. The van der Waals surface area contributed by atoms with Gasteiger partial charge in [-0.1, -0.05) is 48.5 Å². The van der Waals surface area contributed by atoms with Gasteiger partial charge in [0, 0.05) is 11.5 Å². The van der Waals surface area contributed by atoms with Crippen LogP contribution in [0.1, 0.15) is 42.0 Å². The summed E-state index contributed by atoms with van der Waals surface area (Å²) >= 11 is 0. The van der Waals surface area contributed by atoms with Crippen LogP contribution in [0.5, 0.6) is 0 Å². The summed E-state index contributed by atoms with van der Waals surface area (Å²) in [6, 6.07) is 17.5. The van der Waals surface area contributed by atoms with E-state index in [1.807, 2.05) is 0 Å². The third-order valence-corrected chi connectivity index (χ3v) is 4.14. The van der Waals surface area contributed by atoms with Crippen molar-refractivity contribution < 1.29 is 0 Å². The molecule has 19 heavy (non-hydrogen) atoms. The summed E-state index contributed by atoms with van der Waals surface area (Å²) in [5.74, 6) is 0.280. The van der Waals surface area contributed by atoms with Crippen LogP contribution in [0.4, 0.5) is 0 Å². The summed E-state index contributed by atoms with van der Waals surface area (Å²) in [5, 5.41) is 0. The van der Waals surface area contributed by atoms with Crippen LogP contribution in [-0.4, -0.2) is 5.54 Å². The van der Waals surface area contributed by atoms with Gasteiger partial charge < -0.3 is 5.73 Å². The number of nitrogens with two attached hydrogens (primary N) is 1. The molecule has 0 aliphatic heterocycles. The molecule has 1 nitrogen and oxygen atoms in total. The Labute approximate surface area is 115 Å². The van der Waals surface area contributed by atoms with E-state index in [9.17, 15) is 0 Å². The molecule has 0 saturated heterocycles. The van der Waals surface area contributed by atoms with Crippen molar-refractivity contribution in [3.8, 4) is 0 Å². The number of hydrogen-bond donors (Lipinski definition) is 1. The number of aryl methyl sites for hydroxylation is 2. The molecule has 0 radical (unpaired) electrons. The highest BCUT2D eigenvalue weighted by Gasteiger charge is 2.32. The van der Waals surface area contributed by atoms with E-state index in [0.29, 0.717) is 0 Å². The van der Waals surface area contributed by atoms with Crippen molar-refractivity contribution in [3.05, 3.63) is 70.8 Å². The predicted octanol–water partition coefficient (Wildman–Crippen LogP) is 3.65. The summed E-state index contributed by atoms with van der Waals surface area (Å²) in [6.07, 6.45) is 2.22. The summed E-state index contributed by atoms with van der Waals surface area (Å²) in [6.45, 7) is 4.27. The molecule has 3 rings (SSSR count). The molecule has 98 valence electrons. The first-order valence-electron chi connectivity index (χ1n) is 7.02. The van der Waals surface area contributed by atoms with Crippen LogP contribution in [0.3, 0.4) is 0 Å². The average Bonchev–Trinajstić information content (AvgIpc) is 2.54. The van der Waals surface area contributed by atoms with Gasteiger partial charge in [-0.25, -0.2) is 0 Å². The van der Waals surface area contributed by atoms with Gasteiger partial charge in [0.2, 0.25) is 0 Å². The van der Waals surface area contributed by atoms with E-state index in [-0.39, 0.29) is 11.5 Å². The highest BCUT2D eigenvalue weighted by atomic mass is 14.7. The molecule has 0 heterocycles. The lowest BCUT2D eigenvalue weighted by molar-refractivity contribution is 0.456. The fourth-order valence-electron chi connectivity index (χ4n) is 3.33. The Bertz CT molecular complexity index is 545. The van der Waals surface area contributed by atoms with Crippen LogP contribution in [-0.2, 0) is 12.8 Å². The molecule has 0 atom stereocenters. The van der Waals surface area contributed by atoms with Crippen LogP contribution < -0.4 is 5.73 Å². The molecule has 0 amide bonds. The molecular formula is C18H21N. The van der Waals surface area contributed by atoms with Crippen molar-refractivity contribution in [1.29, 1.82) is 0 Å². The van der Waals surface area contributed by atoms with E-state index in [4.69, 9.17) is 5.73 Å². The smallest absolute Gasteiger partial charge is 0.0270 e. The van der Waals surface area contributed by atoms with Crippen LogP contribution in [0.15, 0.2) is 48.5 Å². The number of hydrogen-bond acceptors (Lipinski definition) is 1. The Morgan fingerprint density at radius 1 is 0.842 bits per heavy atom. The van der Waals surface area contributed by atoms with Gasteiger partial charge in [-0.15, -0.1) is 0 Å². The maximum Gasteiger partial charge on any atom is 0.0270 e. The number of benzene rings is 2. The van der Waals surface area contributed by atoms with Gasteiger partial charge in [-0.05, 0) is 48.9 Å². The zero-order valence-corrected chi connectivity index (χ0v) is 11.7. The Balaban J connectivity index is 2.25. The highest BCUT2D eigenvalue weighted by molar-refractivity contribution is 5.47. The normalized spacial score (nSPS) is 15.5. The summed E-state index contributed by atoms with van der Waals surface area (Å²) in [4.78, 5) is 0. The van der Waals surface area contributed by atoms with Crippen molar-refractivity contribution in [2.45, 2.75) is 38.1 Å².